The number of likely N-dealkylation sites (tertiary alicyclic amines) is 1. The van der Waals surface area contributed by atoms with Crippen molar-refractivity contribution in [2.24, 2.45) is 0 Å². The second kappa shape index (κ2) is 9.77. The second-order valence-corrected chi connectivity index (χ2v) is 7.45. The maximum atomic E-state index is 12.3. The Kier molecular flexibility index (Phi) is 7.13. The van der Waals surface area contributed by atoms with Crippen LogP contribution in [-0.4, -0.2) is 37.0 Å². The Morgan fingerprint density at radius 1 is 1.11 bits per heavy atom. The highest BCUT2D eigenvalue weighted by Gasteiger charge is 2.22. The number of halogens is 1. The predicted molar refractivity (Wildman–Crippen MR) is 109 cm³/mol. The molecule has 0 spiro atoms. The average Bonchev–Trinajstić information content (AvgIpc) is 2.69. The first-order valence-electron chi connectivity index (χ1n) is 9.58. The molecule has 4 nitrogen and oxygen atoms in total. The number of nitrogens with one attached hydrogen (secondary N) is 1. The van der Waals surface area contributed by atoms with Gasteiger partial charge in [0.2, 0.25) is 0 Å². The molecule has 1 saturated heterocycles. The number of carbonyl (C=O) groups is 1. The summed E-state index contributed by atoms with van der Waals surface area (Å²) in [5.74, 6) is 0.393. The third-order valence-corrected chi connectivity index (χ3v) is 5.29. The van der Waals surface area contributed by atoms with Crippen LogP contribution in [0.2, 0.25) is 5.02 Å². The lowest BCUT2D eigenvalue weighted by molar-refractivity contribution is -0.123. The summed E-state index contributed by atoms with van der Waals surface area (Å²) in [5, 5.41) is 3.54. The van der Waals surface area contributed by atoms with Gasteiger partial charge in [-0.15, -0.1) is 0 Å². The smallest absolute Gasteiger partial charge is 0.258 e. The molecule has 1 aliphatic rings. The van der Waals surface area contributed by atoms with E-state index in [1.807, 2.05) is 12.1 Å². The van der Waals surface area contributed by atoms with E-state index in [2.05, 4.69) is 41.4 Å². The molecular formula is C22H27ClN2O2. The van der Waals surface area contributed by atoms with Gasteiger partial charge in [-0.3, -0.25) is 9.69 Å². The number of aryl methyl sites for hydroxylation is 1. The molecule has 2 aromatic carbocycles. The van der Waals surface area contributed by atoms with Crippen LogP contribution in [0, 0.1) is 6.92 Å². The van der Waals surface area contributed by atoms with Crippen molar-refractivity contribution in [2.45, 2.75) is 32.2 Å². The highest BCUT2D eigenvalue weighted by molar-refractivity contribution is 6.32. The molecular weight excluding hydrogens is 360 g/mol. The summed E-state index contributed by atoms with van der Waals surface area (Å²) < 4.78 is 5.54. The third-order valence-electron chi connectivity index (χ3n) is 4.98. The minimum absolute atomic E-state index is 0.0374. The van der Waals surface area contributed by atoms with Gasteiger partial charge in [-0.1, -0.05) is 60.0 Å². The number of hydrogen-bond acceptors (Lipinski definition) is 3. The highest BCUT2D eigenvalue weighted by atomic mass is 35.5. The Morgan fingerprint density at radius 3 is 2.52 bits per heavy atom. The molecule has 1 aliphatic heterocycles. The van der Waals surface area contributed by atoms with Crippen LogP contribution in [0.5, 0.6) is 5.75 Å². The number of carbonyl (C=O) groups excluding carboxylic acids is 1. The monoisotopic (exact) mass is 386 g/mol. The van der Waals surface area contributed by atoms with Gasteiger partial charge in [0, 0.05) is 6.54 Å². The zero-order chi connectivity index (χ0) is 19.1. The quantitative estimate of drug-likeness (QED) is 0.768. The van der Waals surface area contributed by atoms with E-state index in [1.54, 1.807) is 12.1 Å². The van der Waals surface area contributed by atoms with E-state index in [-0.39, 0.29) is 18.6 Å². The molecule has 1 amide bonds. The maximum Gasteiger partial charge on any atom is 0.258 e. The first-order valence-corrected chi connectivity index (χ1v) is 9.96. The summed E-state index contributed by atoms with van der Waals surface area (Å²) in [6.45, 7) is 4.78. The fourth-order valence-corrected chi connectivity index (χ4v) is 3.63. The normalized spacial score (nSPS) is 15.9. The van der Waals surface area contributed by atoms with Crippen LogP contribution in [0.15, 0.2) is 48.5 Å². The number of rotatable bonds is 7. The fraction of sp³-hybridized carbons (Fsp3) is 0.409. The average molecular weight is 387 g/mol. The van der Waals surface area contributed by atoms with Crippen molar-refractivity contribution in [3.05, 3.63) is 64.7 Å². The van der Waals surface area contributed by atoms with E-state index in [9.17, 15) is 4.79 Å². The first kappa shape index (κ1) is 19.7. The van der Waals surface area contributed by atoms with Crippen molar-refractivity contribution in [1.29, 1.82) is 0 Å². The number of nitrogens with zero attached hydrogens (tertiary/aromatic N) is 1. The molecule has 0 saturated carbocycles. The van der Waals surface area contributed by atoms with E-state index in [0.29, 0.717) is 17.3 Å². The summed E-state index contributed by atoms with van der Waals surface area (Å²) in [6.07, 6.45) is 3.72. The molecule has 27 heavy (non-hydrogen) atoms. The third kappa shape index (κ3) is 5.72. The van der Waals surface area contributed by atoms with E-state index in [4.69, 9.17) is 16.3 Å². The Hall–Kier alpha value is -2.04. The van der Waals surface area contributed by atoms with Crippen LogP contribution >= 0.6 is 11.6 Å². The van der Waals surface area contributed by atoms with Crippen molar-refractivity contribution in [3.63, 3.8) is 0 Å². The van der Waals surface area contributed by atoms with Gasteiger partial charge >= 0.3 is 0 Å². The van der Waals surface area contributed by atoms with E-state index in [0.717, 1.165) is 13.1 Å². The molecule has 1 fully saturated rings. The van der Waals surface area contributed by atoms with E-state index < -0.39 is 0 Å². The Labute approximate surface area is 166 Å². The van der Waals surface area contributed by atoms with Crippen LogP contribution in [0.3, 0.4) is 0 Å². The molecule has 1 heterocycles. The van der Waals surface area contributed by atoms with Crippen molar-refractivity contribution in [1.82, 2.24) is 10.2 Å². The number of hydrogen-bond donors (Lipinski definition) is 1. The van der Waals surface area contributed by atoms with Gasteiger partial charge in [-0.25, -0.2) is 0 Å². The van der Waals surface area contributed by atoms with Gasteiger partial charge in [0.15, 0.2) is 6.61 Å². The van der Waals surface area contributed by atoms with Gasteiger partial charge < -0.3 is 10.1 Å². The number of para-hydroxylation sites is 1. The van der Waals surface area contributed by atoms with Gasteiger partial charge in [-0.05, 0) is 50.6 Å². The lowest BCUT2D eigenvalue weighted by atomic mass is 10.0. The molecule has 2 aromatic rings. The second-order valence-electron chi connectivity index (χ2n) is 7.05. The number of piperidine rings is 1. The summed E-state index contributed by atoms with van der Waals surface area (Å²) in [6, 6.07) is 16.0. The molecule has 1 atom stereocenters. The van der Waals surface area contributed by atoms with Gasteiger partial charge in [0.1, 0.15) is 5.75 Å². The topological polar surface area (TPSA) is 41.6 Å². The molecule has 5 heteroatoms. The summed E-state index contributed by atoms with van der Waals surface area (Å²) in [5.41, 5.74) is 2.49. The number of amides is 1. The summed E-state index contributed by atoms with van der Waals surface area (Å²) in [4.78, 5) is 14.8. The molecule has 1 N–H and O–H groups in total. The lowest BCUT2D eigenvalue weighted by Crippen LogP contribution is -2.41. The standard InChI is InChI=1S/C22H27ClN2O2/c1-17-9-11-18(12-10-17)20(25-13-5-2-6-14-25)15-24-22(26)16-27-21-8-4-3-7-19(21)23/h3-4,7-12,20H,2,5-6,13-16H2,1H3,(H,24,26)/t20-/m1/s1. The van der Waals surface area contributed by atoms with Gasteiger partial charge in [0.25, 0.3) is 5.91 Å². The molecule has 3 rings (SSSR count). The number of ether oxygens (including phenoxy) is 1. The Balaban J connectivity index is 1.59. The molecule has 0 aromatic heterocycles. The fourth-order valence-electron chi connectivity index (χ4n) is 3.44. The zero-order valence-corrected chi connectivity index (χ0v) is 16.5. The number of benzene rings is 2. The van der Waals surface area contributed by atoms with Crippen LogP contribution in [0.25, 0.3) is 0 Å². The molecule has 0 unspecified atom stereocenters. The van der Waals surface area contributed by atoms with E-state index >= 15 is 0 Å². The molecule has 0 bridgehead atoms. The van der Waals surface area contributed by atoms with E-state index in [1.165, 1.54) is 30.4 Å². The van der Waals surface area contributed by atoms with Gasteiger partial charge in [-0.2, -0.15) is 0 Å². The lowest BCUT2D eigenvalue weighted by Gasteiger charge is -2.35. The van der Waals surface area contributed by atoms with Crippen molar-refractivity contribution in [3.8, 4) is 5.75 Å². The summed E-state index contributed by atoms with van der Waals surface area (Å²) >= 11 is 6.07. The first-order chi connectivity index (χ1) is 13.1. The minimum atomic E-state index is -0.135. The largest absolute Gasteiger partial charge is 0.482 e. The SMILES string of the molecule is Cc1ccc([C@@H](CNC(=O)COc2ccccc2Cl)N2CCCCC2)cc1. The summed E-state index contributed by atoms with van der Waals surface area (Å²) in [7, 11) is 0. The minimum Gasteiger partial charge on any atom is -0.482 e. The predicted octanol–water partition coefficient (Wildman–Crippen LogP) is 4.37. The van der Waals surface area contributed by atoms with Crippen LogP contribution in [0.1, 0.15) is 36.4 Å². The van der Waals surface area contributed by atoms with Crippen molar-refractivity contribution < 1.29 is 9.53 Å². The Bertz CT molecular complexity index is 742. The van der Waals surface area contributed by atoms with Crippen LogP contribution in [0.4, 0.5) is 0 Å². The Morgan fingerprint density at radius 2 is 1.81 bits per heavy atom. The molecule has 144 valence electrons. The molecule has 0 aliphatic carbocycles. The van der Waals surface area contributed by atoms with Crippen LogP contribution < -0.4 is 10.1 Å². The van der Waals surface area contributed by atoms with Crippen molar-refractivity contribution in [2.75, 3.05) is 26.2 Å². The maximum absolute atomic E-state index is 12.3. The van der Waals surface area contributed by atoms with Crippen LogP contribution in [-0.2, 0) is 4.79 Å². The van der Waals surface area contributed by atoms with Crippen molar-refractivity contribution >= 4 is 17.5 Å². The zero-order valence-electron chi connectivity index (χ0n) is 15.8. The van der Waals surface area contributed by atoms with Gasteiger partial charge in [0.05, 0.1) is 11.1 Å². The highest BCUT2D eigenvalue weighted by Crippen LogP contribution is 2.25. The molecule has 0 radical (unpaired) electrons.